The SMILES string of the molecule is CCN1CCOC(CNCCC2CCCCO2)C1. The lowest BCUT2D eigenvalue weighted by molar-refractivity contribution is -0.0264. The van der Waals surface area contributed by atoms with Crippen LogP contribution in [-0.4, -0.2) is 63.0 Å². The maximum atomic E-state index is 5.77. The predicted octanol–water partition coefficient (Wildman–Crippen LogP) is 1.26. The molecule has 2 heterocycles. The molecular weight excluding hydrogens is 228 g/mol. The van der Waals surface area contributed by atoms with Gasteiger partial charge in [0.2, 0.25) is 0 Å². The van der Waals surface area contributed by atoms with Crippen molar-refractivity contribution in [2.45, 2.75) is 44.8 Å². The third kappa shape index (κ3) is 4.84. The smallest absolute Gasteiger partial charge is 0.0826 e. The van der Waals surface area contributed by atoms with E-state index in [0.29, 0.717) is 12.2 Å². The van der Waals surface area contributed by atoms with Crippen LogP contribution in [-0.2, 0) is 9.47 Å². The van der Waals surface area contributed by atoms with Gasteiger partial charge in [0.05, 0.1) is 18.8 Å². The molecule has 0 aliphatic carbocycles. The molecule has 2 aliphatic rings. The van der Waals surface area contributed by atoms with Gasteiger partial charge in [-0.25, -0.2) is 0 Å². The van der Waals surface area contributed by atoms with Crippen molar-refractivity contribution in [2.24, 2.45) is 0 Å². The summed E-state index contributed by atoms with van der Waals surface area (Å²) in [6.07, 6.45) is 5.82. The quantitative estimate of drug-likeness (QED) is 0.725. The van der Waals surface area contributed by atoms with Gasteiger partial charge in [0, 0.05) is 26.2 Å². The molecule has 2 rings (SSSR count). The Labute approximate surface area is 111 Å². The van der Waals surface area contributed by atoms with Gasteiger partial charge >= 0.3 is 0 Å². The summed E-state index contributed by atoms with van der Waals surface area (Å²) in [6, 6.07) is 0. The van der Waals surface area contributed by atoms with Gasteiger partial charge in [-0.2, -0.15) is 0 Å². The first-order valence-corrected chi connectivity index (χ1v) is 7.54. The van der Waals surface area contributed by atoms with Crippen LogP contribution >= 0.6 is 0 Å². The Kier molecular flexibility index (Phi) is 6.41. The van der Waals surface area contributed by atoms with E-state index in [4.69, 9.17) is 9.47 Å². The predicted molar refractivity (Wildman–Crippen MR) is 72.9 cm³/mol. The van der Waals surface area contributed by atoms with E-state index in [-0.39, 0.29) is 0 Å². The summed E-state index contributed by atoms with van der Waals surface area (Å²) in [5.41, 5.74) is 0. The lowest BCUT2D eigenvalue weighted by Gasteiger charge is -2.32. The molecule has 0 spiro atoms. The van der Waals surface area contributed by atoms with Crippen LogP contribution in [0, 0.1) is 0 Å². The van der Waals surface area contributed by atoms with E-state index in [2.05, 4.69) is 17.1 Å². The van der Waals surface area contributed by atoms with Gasteiger partial charge in [0.1, 0.15) is 0 Å². The first kappa shape index (κ1) is 14.3. The molecule has 0 radical (unpaired) electrons. The minimum absolute atomic E-state index is 0.367. The molecule has 18 heavy (non-hydrogen) atoms. The van der Waals surface area contributed by atoms with Gasteiger partial charge in [0.25, 0.3) is 0 Å². The minimum Gasteiger partial charge on any atom is -0.378 e. The average molecular weight is 256 g/mol. The summed E-state index contributed by atoms with van der Waals surface area (Å²) in [4.78, 5) is 2.46. The lowest BCUT2D eigenvalue weighted by Crippen LogP contribution is -2.46. The summed E-state index contributed by atoms with van der Waals surface area (Å²) in [5.74, 6) is 0. The molecule has 2 aliphatic heterocycles. The van der Waals surface area contributed by atoms with Crippen molar-refractivity contribution in [2.75, 3.05) is 45.9 Å². The van der Waals surface area contributed by atoms with Crippen LogP contribution in [0.25, 0.3) is 0 Å². The molecule has 4 heteroatoms. The highest BCUT2D eigenvalue weighted by Gasteiger charge is 2.19. The van der Waals surface area contributed by atoms with Crippen LogP contribution < -0.4 is 5.32 Å². The van der Waals surface area contributed by atoms with E-state index in [0.717, 1.165) is 52.4 Å². The number of ether oxygens (including phenoxy) is 2. The summed E-state index contributed by atoms with van der Waals surface area (Å²) in [5, 5.41) is 3.52. The fourth-order valence-electron chi connectivity index (χ4n) is 2.75. The highest BCUT2D eigenvalue weighted by molar-refractivity contribution is 4.73. The topological polar surface area (TPSA) is 33.7 Å². The maximum absolute atomic E-state index is 5.77. The molecule has 0 aromatic carbocycles. The summed E-state index contributed by atoms with van der Waals surface area (Å²) < 4.78 is 11.5. The van der Waals surface area contributed by atoms with Crippen LogP contribution in [0.1, 0.15) is 32.6 Å². The van der Waals surface area contributed by atoms with E-state index in [1.54, 1.807) is 0 Å². The standard InChI is InChI=1S/C14H28N2O2/c1-2-16-8-10-18-14(12-16)11-15-7-6-13-5-3-4-9-17-13/h13-15H,2-12H2,1H3. The van der Waals surface area contributed by atoms with Crippen LogP contribution in [0.5, 0.6) is 0 Å². The average Bonchev–Trinajstić information content (AvgIpc) is 2.45. The largest absolute Gasteiger partial charge is 0.378 e. The molecular formula is C14H28N2O2. The number of likely N-dealkylation sites (N-methyl/N-ethyl adjacent to an activating group) is 1. The zero-order chi connectivity index (χ0) is 12.6. The molecule has 0 bridgehead atoms. The third-order valence-corrected chi connectivity index (χ3v) is 3.96. The number of hydrogen-bond donors (Lipinski definition) is 1. The molecule has 4 nitrogen and oxygen atoms in total. The van der Waals surface area contributed by atoms with Gasteiger partial charge in [0.15, 0.2) is 0 Å². The number of hydrogen-bond acceptors (Lipinski definition) is 4. The van der Waals surface area contributed by atoms with Crippen molar-refractivity contribution >= 4 is 0 Å². The van der Waals surface area contributed by atoms with Crippen LogP contribution in [0.4, 0.5) is 0 Å². The van der Waals surface area contributed by atoms with E-state index < -0.39 is 0 Å². The number of nitrogens with zero attached hydrogens (tertiary/aromatic N) is 1. The zero-order valence-electron chi connectivity index (χ0n) is 11.7. The van der Waals surface area contributed by atoms with Gasteiger partial charge in [-0.15, -0.1) is 0 Å². The van der Waals surface area contributed by atoms with Gasteiger partial charge in [-0.3, -0.25) is 4.90 Å². The molecule has 0 saturated carbocycles. The van der Waals surface area contributed by atoms with Crippen LogP contribution in [0.2, 0.25) is 0 Å². The molecule has 1 N–H and O–H groups in total. The number of rotatable bonds is 6. The van der Waals surface area contributed by atoms with Crippen molar-refractivity contribution in [3.63, 3.8) is 0 Å². The Bertz CT molecular complexity index is 220. The Morgan fingerprint density at radius 1 is 1.17 bits per heavy atom. The summed E-state index contributed by atoms with van der Waals surface area (Å²) >= 11 is 0. The van der Waals surface area contributed by atoms with Gasteiger partial charge in [-0.1, -0.05) is 6.92 Å². The second kappa shape index (κ2) is 8.10. The van der Waals surface area contributed by atoms with E-state index in [9.17, 15) is 0 Å². The van der Waals surface area contributed by atoms with Gasteiger partial charge < -0.3 is 14.8 Å². The highest BCUT2D eigenvalue weighted by atomic mass is 16.5. The molecule has 2 unspecified atom stereocenters. The maximum Gasteiger partial charge on any atom is 0.0826 e. The Morgan fingerprint density at radius 2 is 2.06 bits per heavy atom. The van der Waals surface area contributed by atoms with E-state index in [1.165, 1.54) is 19.3 Å². The zero-order valence-corrected chi connectivity index (χ0v) is 11.7. The summed E-state index contributed by atoms with van der Waals surface area (Å²) in [7, 11) is 0. The van der Waals surface area contributed by atoms with E-state index in [1.807, 2.05) is 0 Å². The molecule has 2 saturated heterocycles. The second-order valence-corrected chi connectivity index (χ2v) is 5.37. The first-order chi connectivity index (χ1) is 8.88. The minimum atomic E-state index is 0.367. The summed E-state index contributed by atoms with van der Waals surface area (Å²) in [6.45, 7) is 9.38. The van der Waals surface area contributed by atoms with Crippen molar-refractivity contribution in [3.05, 3.63) is 0 Å². The number of nitrogens with one attached hydrogen (secondary N) is 1. The van der Waals surface area contributed by atoms with Crippen LogP contribution in [0.15, 0.2) is 0 Å². The molecule has 2 atom stereocenters. The lowest BCUT2D eigenvalue weighted by atomic mass is 10.1. The van der Waals surface area contributed by atoms with Crippen molar-refractivity contribution in [1.82, 2.24) is 10.2 Å². The van der Waals surface area contributed by atoms with Gasteiger partial charge in [-0.05, 0) is 38.8 Å². The molecule has 0 amide bonds. The van der Waals surface area contributed by atoms with E-state index >= 15 is 0 Å². The highest BCUT2D eigenvalue weighted by Crippen LogP contribution is 2.14. The molecule has 2 fully saturated rings. The van der Waals surface area contributed by atoms with Crippen molar-refractivity contribution in [1.29, 1.82) is 0 Å². The molecule has 0 aromatic rings. The van der Waals surface area contributed by atoms with Crippen molar-refractivity contribution < 1.29 is 9.47 Å². The fourth-order valence-corrected chi connectivity index (χ4v) is 2.75. The van der Waals surface area contributed by atoms with Crippen LogP contribution in [0.3, 0.4) is 0 Å². The molecule has 0 aromatic heterocycles. The Hall–Kier alpha value is -0.160. The second-order valence-electron chi connectivity index (χ2n) is 5.37. The molecule has 106 valence electrons. The Balaban J connectivity index is 1.52. The van der Waals surface area contributed by atoms with Crippen molar-refractivity contribution in [3.8, 4) is 0 Å². The Morgan fingerprint density at radius 3 is 2.83 bits per heavy atom. The third-order valence-electron chi connectivity index (χ3n) is 3.96. The normalized spacial score (nSPS) is 30.5. The fraction of sp³-hybridized carbons (Fsp3) is 1.00. The number of morpholine rings is 1. The monoisotopic (exact) mass is 256 g/mol. The first-order valence-electron chi connectivity index (χ1n) is 7.54.